The monoisotopic (exact) mass is 292 g/mol. The zero-order valence-electron chi connectivity index (χ0n) is 11.1. The fourth-order valence-electron chi connectivity index (χ4n) is 2.56. The summed E-state index contributed by atoms with van der Waals surface area (Å²) in [6.45, 7) is 0. The van der Waals surface area contributed by atoms with Crippen molar-refractivity contribution in [3.63, 3.8) is 0 Å². The molecule has 0 spiro atoms. The van der Waals surface area contributed by atoms with Gasteiger partial charge in [0.05, 0.1) is 22.1 Å². The minimum atomic E-state index is -0.781. The summed E-state index contributed by atoms with van der Waals surface area (Å²) in [4.78, 5) is 14.1. The van der Waals surface area contributed by atoms with Crippen molar-refractivity contribution in [3.8, 4) is 11.5 Å². The molecule has 2 aromatic rings. The van der Waals surface area contributed by atoms with Crippen molar-refractivity contribution in [3.05, 3.63) is 40.0 Å². The van der Waals surface area contributed by atoms with E-state index in [-0.39, 0.29) is 17.1 Å². The highest BCUT2D eigenvalue weighted by Crippen LogP contribution is 2.35. The SMILES string of the molecule is NC1(c2noc(-c3ccc([N+](=O)[O-])cc3F)n2)CCCC1. The van der Waals surface area contributed by atoms with Crippen LogP contribution in [0.15, 0.2) is 22.7 Å². The van der Waals surface area contributed by atoms with E-state index in [1.807, 2.05) is 0 Å². The van der Waals surface area contributed by atoms with E-state index in [4.69, 9.17) is 10.3 Å². The summed E-state index contributed by atoms with van der Waals surface area (Å²) in [6, 6.07) is 3.27. The number of nitro benzene ring substituents is 1. The van der Waals surface area contributed by atoms with Gasteiger partial charge in [0.15, 0.2) is 5.82 Å². The molecule has 110 valence electrons. The smallest absolute Gasteiger partial charge is 0.272 e. The molecule has 8 heteroatoms. The van der Waals surface area contributed by atoms with Crippen LogP contribution in [0.1, 0.15) is 31.5 Å². The van der Waals surface area contributed by atoms with E-state index < -0.39 is 16.3 Å². The molecule has 0 aliphatic heterocycles. The Morgan fingerprint density at radius 1 is 1.38 bits per heavy atom. The molecule has 0 amide bonds. The maximum Gasteiger partial charge on any atom is 0.272 e. The van der Waals surface area contributed by atoms with Crippen molar-refractivity contribution in [1.29, 1.82) is 0 Å². The molecule has 2 N–H and O–H groups in total. The highest BCUT2D eigenvalue weighted by molar-refractivity contribution is 5.56. The Morgan fingerprint density at radius 2 is 2.10 bits per heavy atom. The highest BCUT2D eigenvalue weighted by Gasteiger charge is 2.36. The Labute approximate surface area is 119 Å². The minimum absolute atomic E-state index is 0.0193. The largest absolute Gasteiger partial charge is 0.334 e. The first kappa shape index (κ1) is 13.6. The first-order chi connectivity index (χ1) is 9.99. The fraction of sp³-hybridized carbons (Fsp3) is 0.385. The lowest BCUT2D eigenvalue weighted by Crippen LogP contribution is -2.34. The molecular weight excluding hydrogens is 279 g/mol. The topological polar surface area (TPSA) is 108 Å². The van der Waals surface area contributed by atoms with Crippen LogP contribution in [0, 0.1) is 15.9 Å². The third-order valence-electron chi connectivity index (χ3n) is 3.76. The van der Waals surface area contributed by atoms with Crippen LogP contribution in [0.3, 0.4) is 0 Å². The molecule has 3 rings (SSSR count). The number of hydrogen-bond acceptors (Lipinski definition) is 6. The molecule has 0 bridgehead atoms. The molecule has 1 fully saturated rings. The quantitative estimate of drug-likeness (QED) is 0.687. The fourth-order valence-corrected chi connectivity index (χ4v) is 2.56. The van der Waals surface area contributed by atoms with Crippen molar-refractivity contribution in [2.75, 3.05) is 0 Å². The molecule has 1 aliphatic rings. The normalized spacial score (nSPS) is 17.0. The Kier molecular flexibility index (Phi) is 3.17. The van der Waals surface area contributed by atoms with Crippen molar-refractivity contribution in [2.45, 2.75) is 31.2 Å². The Bertz CT molecular complexity index is 694. The van der Waals surface area contributed by atoms with Crippen molar-refractivity contribution in [2.24, 2.45) is 5.73 Å². The molecule has 21 heavy (non-hydrogen) atoms. The number of hydrogen-bond donors (Lipinski definition) is 1. The Hall–Kier alpha value is -2.35. The van der Waals surface area contributed by atoms with Crippen molar-refractivity contribution < 1.29 is 13.8 Å². The number of rotatable bonds is 3. The second-order valence-corrected chi connectivity index (χ2v) is 5.21. The number of non-ortho nitro benzene ring substituents is 1. The summed E-state index contributed by atoms with van der Waals surface area (Å²) in [5, 5.41) is 14.4. The van der Waals surface area contributed by atoms with Gasteiger partial charge < -0.3 is 10.3 Å². The van der Waals surface area contributed by atoms with Crippen LogP contribution in [-0.2, 0) is 5.54 Å². The van der Waals surface area contributed by atoms with Gasteiger partial charge in [-0.25, -0.2) is 4.39 Å². The zero-order valence-corrected chi connectivity index (χ0v) is 11.1. The van der Waals surface area contributed by atoms with Crippen LogP contribution in [0.2, 0.25) is 0 Å². The van der Waals surface area contributed by atoms with E-state index in [1.54, 1.807) is 0 Å². The minimum Gasteiger partial charge on any atom is -0.334 e. The third-order valence-corrected chi connectivity index (χ3v) is 3.76. The number of benzene rings is 1. The molecule has 1 heterocycles. The number of halogens is 1. The van der Waals surface area contributed by atoms with Gasteiger partial charge in [0.25, 0.3) is 11.6 Å². The molecule has 0 saturated heterocycles. The van der Waals surface area contributed by atoms with Crippen LogP contribution in [0.25, 0.3) is 11.5 Å². The van der Waals surface area contributed by atoms with E-state index in [1.165, 1.54) is 12.1 Å². The van der Waals surface area contributed by atoms with Crippen molar-refractivity contribution >= 4 is 5.69 Å². The van der Waals surface area contributed by atoms with Gasteiger partial charge >= 0.3 is 0 Å². The molecule has 0 atom stereocenters. The highest BCUT2D eigenvalue weighted by atomic mass is 19.1. The van der Waals surface area contributed by atoms with Crippen LogP contribution in [0.5, 0.6) is 0 Å². The van der Waals surface area contributed by atoms with Crippen LogP contribution in [0.4, 0.5) is 10.1 Å². The number of aromatic nitrogens is 2. The molecule has 1 aliphatic carbocycles. The molecule has 1 saturated carbocycles. The molecule has 7 nitrogen and oxygen atoms in total. The number of nitro groups is 1. The summed E-state index contributed by atoms with van der Waals surface area (Å²) < 4.78 is 19.0. The van der Waals surface area contributed by atoms with Gasteiger partial charge in [-0.2, -0.15) is 4.98 Å². The Morgan fingerprint density at radius 3 is 2.71 bits per heavy atom. The molecular formula is C13H13FN4O3. The molecule has 0 radical (unpaired) electrons. The third kappa shape index (κ3) is 2.38. The lowest BCUT2D eigenvalue weighted by atomic mass is 9.99. The molecule has 1 aromatic carbocycles. The lowest BCUT2D eigenvalue weighted by Gasteiger charge is -2.17. The average molecular weight is 292 g/mol. The first-order valence-electron chi connectivity index (χ1n) is 6.57. The lowest BCUT2D eigenvalue weighted by molar-refractivity contribution is -0.385. The maximum absolute atomic E-state index is 13.9. The summed E-state index contributed by atoms with van der Waals surface area (Å²) in [5.74, 6) is -0.446. The van der Waals surface area contributed by atoms with Gasteiger partial charge in [-0.3, -0.25) is 10.1 Å². The van der Waals surface area contributed by atoms with Crippen molar-refractivity contribution in [1.82, 2.24) is 10.1 Å². The van der Waals surface area contributed by atoms with Crippen LogP contribution < -0.4 is 5.73 Å². The van der Waals surface area contributed by atoms with E-state index >= 15 is 0 Å². The second kappa shape index (κ2) is 4.88. The van der Waals surface area contributed by atoms with Crippen LogP contribution in [-0.4, -0.2) is 15.1 Å². The van der Waals surface area contributed by atoms with Gasteiger partial charge in [-0.1, -0.05) is 18.0 Å². The first-order valence-corrected chi connectivity index (χ1v) is 6.57. The molecule has 0 unspecified atom stereocenters. The van der Waals surface area contributed by atoms with E-state index in [0.717, 1.165) is 31.7 Å². The van der Waals surface area contributed by atoms with E-state index in [9.17, 15) is 14.5 Å². The summed E-state index contributed by atoms with van der Waals surface area (Å²) in [7, 11) is 0. The average Bonchev–Trinajstić information content (AvgIpc) is 3.08. The standard InChI is InChI=1S/C13H13FN4O3/c14-10-7-8(18(19)20)3-4-9(10)11-16-12(17-21-11)13(15)5-1-2-6-13/h3-4,7H,1-2,5-6,15H2. The van der Waals surface area contributed by atoms with E-state index in [2.05, 4.69) is 10.1 Å². The molecule has 1 aromatic heterocycles. The summed E-state index contributed by atoms with van der Waals surface area (Å²) in [6.07, 6.45) is 3.50. The second-order valence-electron chi connectivity index (χ2n) is 5.21. The van der Waals surface area contributed by atoms with E-state index in [0.29, 0.717) is 5.82 Å². The predicted octanol–water partition coefficient (Wildman–Crippen LogP) is 2.51. The summed E-state index contributed by atoms with van der Waals surface area (Å²) in [5.41, 5.74) is 5.28. The predicted molar refractivity (Wildman–Crippen MR) is 70.7 cm³/mol. The van der Waals surface area contributed by atoms with Crippen LogP contribution >= 0.6 is 0 Å². The van der Waals surface area contributed by atoms with Gasteiger partial charge in [0.2, 0.25) is 0 Å². The van der Waals surface area contributed by atoms with Gasteiger partial charge in [0.1, 0.15) is 5.82 Å². The van der Waals surface area contributed by atoms with Gasteiger partial charge in [0, 0.05) is 6.07 Å². The van der Waals surface area contributed by atoms with Gasteiger partial charge in [-0.05, 0) is 18.9 Å². The summed E-state index contributed by atoms with van der Waals surface area (Å²) >= 11 is 0. The zero-order chi connectivity index (χ0) is 15.0. The maximum atomic E-state index is 13.9. The Balaban J connectivity index is 1.95. The van der Waals surface area contributed by atoms with Gasteiger partial charge in [-0.15, -0.1) is 0 Å². The number of nitrogens with zero attached hydrogens (tertiary/aromatic N) is 3. The number of nitrogens with two attached hydrogens (primary N) is 1.